The molecule has 90 valence electrons. The Hall–Kier alpha value is -0.480. The minimum absolute atomic E-state index is 0. The Balaban J connectivity index is 0.00000225. The van der Waals surface area contributed by atoms with Gasteiger partial charge in [-0.1, -0.05) is 29.3 Å². The molecule has 0 heterocycles. The van der Waals surface area contributed by atoms with Gasteiger partial charge in [-0.25, -0.2) is 0 Å². The van der Waals surface area contributed by atoms with Gasteiger partial charge in [0.15, 0.2) is 0 Å². The first-order valence-corrected chi connectivity index (χ1v) is 5.15. The molecular formula is C10H12Cl3NO2. The summed E-state index contributed by atoms with van der Waals surface area (Å²) in [5, 5.41) is 1.00. The minimum atomic E-state index is -0.371. The number of benzene rings is 1. The molecule has 6 heteroatoms. The molecule has 0 aliphatic rings. The molecule has 0 radical (unpaired) electrons. The van der Waals surface area contributed by atoms with Crippen LogP contribution >= 0.6 is 35.6 Å². The SMILES string of the molecule is Cl.NC(=O)CCOCc1ccc(Cl)c(Cl)c1. The van der Waals surface area contributed by atoms with Gasteiger partial charge < -0.3 is 10.5 Å². The summed E-state index contributed by atoms with van der Waals surface area (Å²) in [6, 6.07) is 5.25. The lowest BCUT2D eigenvalue weighted by Gasteiger charge is -2.04. The van der Waals surface area contributed by atoms with Crippen molar-refractivity contribution in [1.82, 2.24) is 0 Å². The van der Waals surface area contributed by atoms with Crippen molar-refractivity contribution in [3.63, 3.8) is 0 Å². The Morgan fingerprint density at radius 2 is 2.00 bits per heavy atom. The number of ether oxygens (including phenoxy) is 1. The predicted molar refractivity (Wildman–Crippen MR) is 67.2 cm³/mol. The summed E-state index contributed by atoms with van der Waals surface area (Å²) < 4.78 is 5.22. The van der Waals surface area contributed by atoms with Crippen molar-refractivity contribution in [3.8, 4) is 0 Å². The normalized spacial score (nSPS) is 9.62. The standard InChI is InChI=1S/C10H11Cl2NO2.ClH/c11-8-2-1-7(5-9(8)12)6-15-4-3-10(13)14;/h1-2,5H,3-4,6H2,(H2,13,14);1H. The van der Waals surface area contributed by atoms with Gasteiger partial charge in [0.25, 0.3) is 0 Å². The fraction of sp³-hybridized carbons (Fsp3) is 0.300. The highest BCUT2D eigenvalue weighted by Crippen LogP contribution is 2.22. The molecule has 1 aromatic carbocycles. The summed E-state index contributed by atoms with van der Waals surface area (Å²) in [6.07, 6.45) is 0.224. The van der Waals surface area contributed by atoms with E-state index in [1.165, 1.54) is 0 Å². The van der Waals surface area contributed by atoms with E-state index in [1.54, 1.807) is 12.1 Å². The van der Waals surface area contributed by atoms with Gasteiger partial charge in [-0.15, -0.1) is 12.4 Å². The molecule has 0 fully saturated rings. The second-order valence-electron chi connectivity index (χ2n) is 3.02. The van der Waals surface area contributed by atoms with Crippen LogP contribution < -0.4 is 5.73 Å². The molecule has 0 saturated heterocycles. The number of halogens is 3. The van der Waals surface area contributed by atoms with Crippen LogP contribution in [0.1, 0.15) is 12.0 Å². The molecule has 1 aromatic rings. The van der Waals surface area contributed by atoms with E-state index in [-0.39, 0.29) is 24.7 Å². The average Bonchev–Trinajstić information content (AvgIpc) is 2.18. The molecule has 3 nitrogen and oxygen atoms in total. The van der Waals surface area contributed by atoms with Crippen LogP contribution in [0.3, 0.4) is 0 Å². The largest absolute Gasteiger partial charge is 0.376 e. The maximum absolute atomic E-state index is 10.4. The number of hydrogen-bond acceptors (Lipinski definition) is 2. The summed E-state index contributed by atoms with van der Waals surface area (Å²) in [5.74, 6) is -0.371. The van der Waals surface area contributed by atoms with Gasteiger partial charge in [0, 0.05) is 6.42 Å². The fourth-order valence-electron chi connectivity index (χ4n) is 0.992. The van der Waals surface area contributed by atoms with Gasteiger partial charge in [0.1, 0.15) is 0 Å². The monoisotopic (exact) mass is 283 g/mol. The van der Waals surface area contributed by atoms with E-state index in [4.69, 9.17) is 33.7 Å². The first-order chi connectivity index (χ1) is 7.09. The van der Waals surface area contributed by atoms with E-state index < -0.39 is 0 Å². The lowest BCUT2D eigenvalue weighted by molar-refractivity contribution is -0.119. The van der Waals surface area contributed by atoms with Gasteiger partial charge in [0.2, 0.25) is 5.91 Å². The Morgan fingerprint density at radius 3 is 2.56 bits per heavy atom. The number of carbonyl (C=O) groups is 1. The van der Waals surface area contributed by atoms with Crippen molar-refractivity contribution in [2.24, 2.45) is 5.73 Å². The third kappa shape index (κ3) is 5.56. The molecule has 0 aliphatic heterocycles. The first-order valence-electron chi connectivity index (χ1n) is 4.39. The molecule has 16 heavy (non-hydrogen) atoms. The van der Waals surface area contributed by atoms with E-state index >= 15 is 0 Å². The van der Waals surface area contributed by atoms with E-state index in [1.807, 2.05) is 6.07 Å². The highest BCUT2D eigenvalue weighted by Gasteiger charge is 2.00. The number of hydrogen-bond donors (Lipinski definition) is 1. The summed E-state index contributed by atoms with van der Waals surface area (Å²) in [5.41, 5.74) is 5.87. The topological polar surface area (TPSA) is 52.3 Å². The zero-order chi connectivity index (χ0) is 11.3. The molecule has 0 spiro atoms. The molecule has 0 aromatic heterocycles. The number of rotatable bonds is 5. The maximum Gasteiger partial charge on any atom is 0.219 e. The Bertz CT molecular complexity index is 358. The minimum Gasteiger partial charge on any atom is -0.376 e. The summed E-state index contributed by atoms with van der Waals surface area (Å²) in [7, 11) is 0. The molecule has 2 N–H and O–H groups in total. The van der Waals surface area contributed by atoms with E-state index in [0.717, 1.165) is 5.56 Å². The van der Waals surface area contributed by atoms with Gasteiger partial charge in [-0.05, 0) is 17.7 Å². The van der Waals surface area contributed by atoms with Crippen molar-refractivity contribution < 1.29 is 9.53 Å². The van der Waals surface area contributed by atoms with Crippen LogP contribution in [0.4, 0.5) is 0 Å². The lowest BCUT2D eigenvalue weighted by atomic mass is 10.2. The third-order valence-electron chi connectivity index (χ3n) is 1.75. The number of amides is 1. The Kier molecular flexibility index (Phi) is 7.51. The second-order valence-corrected chi connectivity index (χ2v) is 3.83. The van der Waals surface area contributed by atoms with Crippen LogP contribution in [0.2, 0.25) is 10.0 Å². The van der Waals surface area contributed by atoms with Gasteiger partial charge in [0.05, 0.1) is 23.3 Å². The van der Waals surface area contributed by atoms with Crippen molar-refractivity contribution in [1.29, 1.82) is 0 Å². The van der Waals surface area contributed by atoms with Crippen LogP contribution in [-0.4, -0.2) is 12.5 Å². The highest BCUT2D eigenvalue weighted by atomic mass is 35.5. The lowest BCUT2D eigenvalue weighted by Crippen LogP contribution is -2.13. The van der Waals surface area contributed by atoms with Gasteiger partial charge >= 0.3 is 0 Å². The van der Waals surface area contributed by atoms with Gasteiger partial charge in [-0.2, -0.15) is 0 Å². The Morgan fingerprint density at radius 1 is 1.31 bits per heavy atom. The van der Waals surface area contributed by atoms with Crippen LogP contribution in [-0.2, 0) is 16.1 Å². The number of nitrogens with two attached hydrogens (primary N) is 1. The quantitative estimate of drug-likeness (QED) is 0.845. The molecule has 0 bridgehead atoms. The van der Waals surface area contributed by atoms with Crippen LogP contribution in [0.5, 0.6) is 0 Å². The summed E-state index contributed by atoms with van der Waals surface area (Å²) >= 11 is 11.6. The zero-order valence-corrected chi connectivity index (χ0v) is 10.7. The summed E-state index contributed by atoms with van der Waals surface area (Å²) in [4.78, 5) is 10.4. The molecule has 0 aliphatic carbocycles. The van der Waals surface area contributed by atoms with Crippen LogP contribution in [0.15, 0.2) is 18.2 Å². The zero-order valence-electron chi connectivity index (χ0n) is 8.41. The Labute approximate surface area is 110 Å². The van der Waals surface area contributed by atoms with E-state index in [9.17, 15) is 4.79 Å². The molecular weight excluding hydrogens is 272 g/mol. The molecule has 0 saturated carbocycles. The van der Waals surface area contributed by atoms with E-state index in [2.05, 4.69) is 0 Å². The fourth-order valence-corrected chi connectivity index (χ4v) is 1.31. The molecule has 1 rings (SSSR count). The third-order valence-corrected chi connectivity index (χ3v) is 2.48. The first kappa shape index (κ1) is 15.5. The van der Waals surface area contributed by atoms with Crippen molar-refractivity contribution in [2.75, 3.05) is 6.61 Å². The average molecular weight is 285 g/mol. The molecule has 0 unspecified atom stereocenters. The smallest absolute Gasteiger partial charge is 0.219 e. The highest BCUT2D eigenvalue weighted by molar-refractivity contribution is 6.42. The van der Waals surface area contributed by atoms with Crippen molar-refractivity contribution in [2.45, 2.75) is 13.0 Å². The van der Waals surface area contributed by atoms with Crippen molar-refractivity contribution >= 4 is 41.5 Å². The second kappa shape index (κ2) is 7.74. The maximum atomic E-state index is 10.4. The number of primary amides is 1. The molecule has 1 amide bonds. The predicted octanol–water partition coefficient (Wildman–Crippen LogP) is 2.81. The van der Waals surface area contributed by atoms with Crippen molar-refractivity contribution in [3.05, 3.63) is 33.8 Å². The summed E-state index contributed by atoms with van der Waals surface area (Å²) in [6.45, 7) is 0.708. The number of carbonyl (C=O) groups excluding carboxylic acids is 1. The molecule has 0 atom stereocenters. The van der Waals surface area contributed by atoms with Gasteiger partial charge in [-0.3, -0.25) is 4.79 Å². The van der Waals surface area contributed by atoms with Crippen LogP contribution in [0.25, 0.3) is 0 Å². The van der Waals surface area contributed by atoms with Crippen LogP contribution in [0, 0.1) is 0 Å². The van der Waals surface area contributed by atoms with E-state index in [0.29, 0.717) is 23.3 Å².